The highest BCUT2D eigenvalue weighted by atomic mass is 35.5. The molecule has 0 heterocycles. The molecule has 0 amide bonds. The van der Waals surface area contributed by atoms with Crippen LogP contribution < -0.4 is 0 Å². The molecule has 4 rings (SSSR count). The number of halogens is 1. The van der Waals surface area contributed by atoms with Gasteiger partial charge in [-0.2, -0.15) is 0 Å². The van der Waals surface area contributed by atoms with Gasteiger partial charge < -0.3 is 4.74 Å². The lowest BCUT2D eigenvalue weighted by atomic mass is 9.54. The molecule has 4 bridgehead atoms. The van der Waals surface area contributed by atoms with E-state index >= 15 is 0 Å². The standard InChI is InChI=1S/C12H17ClO2/c13-7-11(14)15-12-4-8-1-9(5-12)3-10(2-8)6-12/h8-10H,1-7H2. The average molecular weight is 229 g/mol. The Morgan fingerprint density at radius 1 is 1.13 bits per heavy atom. The number of ether oxygens (including phenoxy) is 1. The molecule has 0 spiro atoms. The summed E-state index contributed by atoms with van der Waals surface area (Å²) in [6.07, 6.45) is 7.41. The van der Waals surface area contributed by atoms with Crippen molar-refractivity contribution in [2.75, 3.05) is 5.88 Å². The van der Waals surface area contributed by atoms with Crippen LogP contribution in [0.2, 0.25) is 0 Å². The Bertz CT molecular complexity index is 252. The number of hydrogen-bond donors (Lipinski definition) is 0. The van der Waals surface area contributed by atoms with Crippen molar-refractivity contribution in [1.29, 1.82) is 0 Å². The minimum Gasteiger partial charge on any atom is -0.458 e. The second kappa shape index (κ2) is 3.38. The smallest absolute Gasteiger partial charge is 0.321 e. The molecule has 0 aromatic carbocycles. The van der Waals surface area contributed by atoms with Gasteiger partial charge in [0.15, 0.2) is 0 Å². The summed E-state index contributed by atoms with van der Waals surface area (Å²) in [5, 5.41) is 0. The van der Waals surface area contributed by atoms with Gasteiger partial charge in [0.1, 0.15) is 11.5 Å². The summed E-state index contributed by atoms with van der Waals surface area (Å²) in [7, 11) is 0. The largest absolute Gasteiger partial charge is 0.458 e. The maximum absolute atomic E-state index is 11.3. The van der Waals surface area contributed by atoms with E-state index in [0.29, 0.717) is 0 Å². The van der Waals surface area contributed by atoms with Crippen LogP contribution in [0.25, 0.3) is 0 Å². The van der Waals surface area contributed by atoms with Crippen LogP contribution in [-0.2, 0) is 9.53 Å². The second-order valence-corrected chi connectivity index (χ2v) is 5.98. The van der Waals surface area contributed by atoms with Crippen LogP contribution in [0.3, 0.4) is 0 Å². The summed E-state index contributed by atoms with van der Waals surface area (Å²) in [6, 6.07) is 0. The Hall–Kier alpha value is -0.240. The van der Waals surface area contributed by atoms with Crippen molar-refractivity contribution in [1.82, 2.24) is 0 Å². The third-order valence-electron chi connectivity index (χ3n) is 4.42. The van der Waals surface area contributed by atoms with Crippen LogP contribution in [0.4, 0.5) is 0 Å². The Labute approximate surface area is 95.3 Å². The van der Waals surface area contributed by atoms with Crippen LogP contribution in [0.15, 0.2) is 0 Å². The van der Waals surface area contributed by atoms with Crippen molar-refractivity contribution in [3.8, 4) is 0 Å². The Morgan fingerprint density at radius 2 is 1.60 bits per heavy atom. The number of carbonyl (C=O) groups excluding carboxylic acids is 1. The Balaban J connectivity index is 1.78. The lowest BCUT2D eigenvalue weighted by Gasteiger charge is -2.55. The molecule has 3 heteroatoms. The van der Waals surface area contributed by atoms with Crippen molar-refractivity contribution < 1.29 is 9.53 Å². The van der Waals surface area contributed by atoms with Gasteiger partial charge in [-0.05, 0) is 56.3 Å². The van der Waals surface area contributed by atoms with E-state index in [1.54, 1.807) is 0 Å². The molecule has 4 fully saturated rings. The maximum Gasteiger partial charge on any atom is 0.321 e. The number of carbonyl (C=O) groups is 1. The van der Waals surface area contributed by atoms with E-state index in [-0.39, 0.29) is 17.5 Å². The predicted octanol–water partition coefficient (Wildman–Crippen LogP) is 2.74. The number of alkyl halides is 1. The summed E-state index contributed by atoms with van der Waals surface area (Å²) in [6.45, 7) is 0. The zero-order chi connectivity index (χ0) is 10.5. The summed E-state index contributed by atoms with van der Waals surface area (Å²) in [5.74, 6) is 2.23. The fraction of sp³-hybridized carbons (Fsp3) is 0.917. The quantitative estimate of drug-likeness (QED) is 0.537. The van der Waals surface area contributed by atoms with Gasteiger partial charge in [-0.15, -0.1) is 11.6 Å². The molecule has 0 aromatic heterocycles. The molecule has 4 saturated carbocycles. The molecular formula is C12H17ClO2. The van der Waals surface area contributed by atoms with Crippen LogP contribution in [0.1, 0.15) is 38.5 Å². The van der Waals surface area contributed by atoms with E-state index in [2.05, 4.69) is 0 Å². The van der Waals surface area contributed by atoms with Gasteiger partial charge in [0.25, 0.3) is 0 Å². The molecule has 0 N–H and O–H groups in total. The van der Waals surface area contributed by atoms with E-state index in [1.807, 2.05) is 0 Å². The minimum atomic E-state index is -0.224. The zero-order valence-electron chi connectivity index (χ0n) is 8.88. The lowest BCUT2D eigenvalue weighted by molar-refractivity contribution is -0.183. The normalized spacial score (nSPS) is 46.9. The third kappa shape index (κ3) is 1.67. The van der Waals surface area contributed by atoms with E-state index in [4.69, 9.17) is 16.3 Å². The molecular weight excluding hydrogens is 212 g/mol. The van der Waals surface area contributed by atoms with Gasteiger partial charge in [-0.25, -0.2) is 0 Å². The summed E-state index contributed by atoms with van der Waals surface area (Å²) >= 11 is 5.52. The molecule has 84 valence electrons. The van der Waals surface area contributed by atoms with E-state index in [0.717, 1.165) is 37.0 Å². The highest BCUT2D eigenvalue weighted by molar-refractivity contribution is 6.26. The van der Waals surface area contributed by atoms with Gasteiger partial charge in [-0.3, -0.25) is 4.79 Å². The van der Waals surface area contributed by atoms with Crippen molar-refractivity contribution in [3.63, 3.8) is 0 Å². The topological polar surface area (TPSA) is 26.3 Å². The van der Waals surface area contributed by atoms with E-state index in [1.165, 1.54) is 19.3 Å². The Morgan fingerprint density at radius 3 is 2.00 bits per heavy atom. The minimum absolute atomic E-state index is 0.00174. The molecule has 0 aliphatic heterocycles. The van der Waals surface area contributed by atoms with Crippen LogP contribution >= 0.6 is 11.6 Å². The molecule has 4 aliphatic rings. The zero-order valence-corrected chi connectivity index (χ0v) is 9.63. The second-order valence-electron chi connectivity index (χ2n) is 5.71. The molecule has 0 atom stereocenters. The molecule has 0 radical (unpaired) electrons. The first kappa shape index (κ1) is 9.95. The number of rotatable bonds is 2. The first-order chi connectivity index (χ1) is 7.19. The first-order valence-corrected chi connectivity index (χ1v) is 6.50. The lowest BCUT2D eigenvalue weighted by Crippen LogP contribution is -2.52. The van der Waals surface area contributed by atoms with Gasteiger partial charge in [0.05, 0.1) is 0 Å². The third-order valence-corrected chi connectivity index (χ3v) is 4.64. The fourth-order valence-corrected chi connectivity index (χ4v) is 4.48. The number of hydrogen-bond acceptors (Lipinski definition) is 2. The van der Waals surface area contributed by atoms with Crippen LogP contribution in [0, 0.1) is 17.8 Å². The maximum atomic E-state index is 11.3. The van der Waals surface area contributed by atoms with Gasteiger partial charge >= 0.3 is 5.97 Å². The summed E-state index contributed by atoms with van der Waals surface area (Å²) < 4.78 is 5.63. The van der Waals surface area contributed by atoms with Crippen molar-refractivity contribution >= 4 is 17.6 Å². The van der Waals surface area contributed by atoms with Crippen molar-refractivity contribution in [2.24, 2.45) is 17.8 Å². The fourth-order valence-electron chi connectivity index (χ4n) is 4.42. The van der Waals surface area contributed by atoms with Gasteiger partial charge in [0, 0.05) is 0 Å². The first-order valence-electron chi connectivity index (χ1n) is 5.97. The molecule has 4 aliphatic carbocycles. The molecule has 0 aromatic rings. The monoisotopic (exact) mass is 228 g/mol. The molecule has 0 saturated heterocycles. The SMILES string of the molecule is O=C(CCl)OC12CC3CC(CC(C3)C1)C2. The van der Waals surface area contributed by atoms with E-state index < -0.39 is 0 Å². The predicted molar refractivity (Wildman–Crippen MR) is 57.7 cm³/mol. The van der Waals surface area contributed by atoms with Crippen LogP contribution in [0.5, 0.6) is 0 Å². The van der Waals surface area contributed by atoms with Crippen molar-refractivity contribution in [2.45, 2.75) is 44.1 Å². The average Bonchev–Trinajstić information content (AvgIpc) is 2.14. The van der Waals surface area contributed by atoms with Gasteiger partial charge in [-0.1, -0.05) is 0 Å². The number of esters is 1. The molecule has 2 nitrogen and oxygen atoms in total. The van der Waals surface area contributed by atoms with Gasteiger partial charge in [0.2, 0.25) is 0 Å². The highest BCUT2D eigenvalue weighted by Crippen LogP contribution is 2.57. The highest BCUT2D eigenvalue weighted by Gasteiger charge is 2.53. The summed E-state index contributed by atoms with van der Waals surface area (Å²) in [4.78, 5) is 11.3. The van der Waals surface area contributed by atoms with Crippen LogP contribution in [-0.4, -0.2) is 17.5 Å². The Kier molecular flexibility index (Phi) is 2.24. The molecule has 15 heavy (non-hydrogen) atoms. The van der Waals surface area contributed by atoms with Crippen molar-refractivity contribution in [3.05, 3.63) is 0 Å². The molecule has 0 unspecified atom stereocenters. The van der Waals surface area contributed by atoms with E-state index in [9.17, 15) is 4.79 Å². The summed E-state index contributed by atoms with van der Waals surface area (Å²) in [5.41, 5.74) is -0.110.